The van der Waals surface area contributed by atoms with E-state index in [1.54, 1.807) is 0 Å². The van der Waals surface area contributed by atoms with Gasteiger partial charge in [0.15, 0.2) is 0 Å². The van der Waals surface area contributed by atoms with Gasteiger partial charge in [-0.3, -0.25) is 15.0 Å². The molecule has 3 aliphatic carbocycles. The third kappa shape index (κ3) is 3.48. The zero-order chi connectivity index (χ0) is 22.9. The van der Waals surface area contributed by atoms with Crippen LogP contribution in [0.3, 0.4) is 0 Å². The molecule has 0 radical (unpaired) electrons. The van der Waals surface area contributed by atoms with E-state index in [1.165, 1.54) is 25.0 Å². The van der Waals surface area contributed by atoms with Crippen molar-refractivity contribution in [2.75, 3.05) is 13.1 Å². The summed E-state index contributed by atoms with van der Waals surface area (Å²) < 4.78 is 66.4. The number of hydrogen-bond donors (Lipinski definition) is 0. The van der Waals surface area contributed by atoms with Gasteiger partial charge in [-0.25, -0.2) is 0 Å². The predicted molar refractivity (Wildman–Crippen MR) is 109 cm³/mol. The number of nitro groups is 1. The molecule has 2 saturated carbocycles. The fraction of sp³-hybridized carbons (Fsp3) is 0.714. The minimum atomic E-state index is -6.01. The monoisotopic (exact) mass is 474 g/mol. The van der Waals surface area contributed by atoms with Gasteiger partial charge in [-0.2, -0.15) is 21.6 Å². The van der Waals surface area contributed by atoms with Crippen LogP contribution in [0, 0.1) is 22.0 Å². The van der Waals surface area contributed by atoms with E-state index in [9.17, 15) is 31.7 Å². The number of nitro benzene ring substituents is 1. The van der Waals surface area contributed by atoms with Crippen LogP contribution in [0.5, 0.6) is 5.75 Å². The topological polar surface area (TPSA) is 89.7 Å². The van der Waals surface area contributed by atoms with Crippen molar-refractivity contribution in [3.63, 3.8) is 0 Å². The Morgan fingerprint density at radius 1 is 1.19 bits per heavy atom. The van der Waals surface area contributed by atoms with Crippen molar-refractivity contribution in [2.24, 2.45) is 11.8 Å². The first-order chi connectivity index (χ1) is 15.0. The number of nitrogens with zero attached hydrogens (tertiary/aromatic N) is 2. The van der Waals surface area contributed by atoms with Crippen LogP contribution in [-0.4, -0.2) is 42.9 Å². The zero-order valence-electron chi connectivity index (χ0n) is 17.4. The van der Waals surface area contributed by atoms with Gasteiger partial charge in [-0.15, -0.1) is 0 Å². The molecular weight excluding hydrogens is 449 g/mol. The van der Waals surface area contributed by atoms with E-state index >= 15 is 0 Å². The molecule has 1 heterocycles. The van der Waals surface area contributed by atoms with E-state index in [1.807, 2.05) is 0 Å². The van der Waals surface area contributed by atoms with Gasteiger partial charge in [0.25, 0.3) is 0 Å². The number of alkyl halides is 3. The highest BCUT2D eigenvalue weighted by molar-refractivity contribution is 7.88. The fourth-order valence-corrected chi connectivity index (χ4v) is 6.81. The number of likely N-dealkylation sites (tertiary alicyclic amines) is 1. The van der Waals surface area contributed by atoms with E-state index < -0.39 is 32.0 Å². The summed E-state index contributed by atoms with van der Waals surface area (Å²) in [4.78, 5) is 13.3. The maximum Gasteiger partial charge on any atom is 0.534 e. The summed E-state index contributed by atoms with van der Waals surface area (Å²) in [5, 5.41) is 11.6. The third-order valence-electron chi connectivity index (χ3n) is 7.90. The highest BCUT2D eigenvalue weighted by Gasteiger charge is 2.55. The number of rotatable bonds is 5. The molecule has 1 aromatic rings. The Hall–Kier alpha value is -1.88. The van der Waals surface area contributed by atoms with Crippen molar-refractivity contribution in [1.82, 2.24) is 4.90 Å². The third-order valence-corrected chi connectivity index (χ3v) is 8.86. The van der Waals surface area contributed by atoms with E-state index in [4.69, 9.17) is 0 Å². The lowest BCUT2D eigenvalue weighted by Crippen LogP contribution is -2.61. The number of benzene rings is 1. The Bertz CT molecular complexity index is 1060. The quantitative estimate of drug-likeness (QED) is 0.274. The van der Waals surface area contributed by atoms with Gasteiger partial charge in [0.2, 0.25) is 5.75 Å². The maximum absolute atomic E-state index is 12.9. The first-order valence-electron chi connectivity index (χ1n) is 11.1. The molecule has 0 N–H and O–H groups in total. The lowest BCUT2D eigenvalue weighted by Gasteiger charge is -2.59. The molecule has 1 saturated heterocycles. The summed E-state index contributed by atoms with van der Waals surface area (Å²) in [6, 6.07) is 2.72. The van der Waals surface area contributed by atoms with E-state index in [-0.39, 0.29) is 11.5 Å². The van der Waals surface area contributed by atoms with Gasteiger partial charge in [0, 0.05) is 24.1 Å². The van der Waals surface area contributed by atoms with Crippen LogP contribution in [0.25, 0.3) is 0 Å². The minimum absolute atomic E-state index is 0.252. The maximum atomic E-state index is 12.9. The normalized spacial score (nSPS) is 30.3. The van der Waals surface area contributed by atoms with Crippen LogP contribution in [0.15, 0.2) is 12.1 Å². The Labute approximate surface area is 184 Å². The molecule has 0 amide bonds. The molecule has 0 aromatic heterocycles. The standard InChI is InChI=1S/C21H25F3N2O5S/c22-21(23,24)32(29,30)31-19-11-16-14(10-18(19)26(27)28)9-17-15-3-1-2-6-20(15,16)7-8-25(17)12-13-4-5-13/h10-11,13,15,17H,1-9,12H2/t15-,17+,20+/m0/s1. The average Bonchev–Trinajstić information content (AvgIpc) is 3.53. The van der Waals surface area contributed by atoms with Gasteiger partial charge < -0.3 is 4.18 Å². The zero-order valence-corrected chi connectivity index (χ0v) is 18.3. The largest absolute Gasteiger partial charge is 0.534 e. The Morgan fingerprint density at radius 2 is 1.94 bits per heavy atom. The van der Waals surface area contributed by atoms with Crippen molar-refractivity contribution in [2.45, 2.75) is 68.3 Å². The number of halogens is 3. The van der Waals surface area contributed by atoms with E-state index in [2.05, 4.69) is 9.08 Å². The second-order valence-corrected chi connectivity index (χ2v) is 11.2. The molecule has 4 aliphatic rings. The van der Waals surface area contributed by atoms with Crippen LogP contribution in [0.4, 0.5) is 18.9 Å². The van der Waals surface area contributed by atoms with Gasteiger partial charge in [-0.1, -0.05) is 12.8 Å². The van der Waals surface area contributed by atoms with Crippen LogP contribution in [-0.2, 0) is 22.0 Å². The van der Waals surface area contributed by atoms with Gasteiger partial charge >= 0.3 is 21.3 Å². The summed E-state index contributed by atoms with van der Waals surface area (Å²) in [6.45, 7) is 1.91. The molecule has 1 aromatic carbocycles. The van der Waals surface area contributed by atoms with Crippen LogP contribution < -0.4 is 4.18 Å². The highest BCUT2D eigenvalue weighted by Crippen LogP contribution is 2.57. The molecule has 32 heavy (non-hydrogen) atoms. The number of piperidine rings is 1. The second kappa shape index (κ2) is 7.31. The molecule has 7 nitrogen and oxygen atoms in total. The number of fused-ring (bicyclic) bond motifs is 1. The van der Waals surface area contributed by atoms with Gasteiger partial charge in [0.1, 0.15) is 0 Å². The first kappa shape index (κ1) is 21.9. The van der Waals surface area contributed by atoms with Gasteiger partial charge in [-0.05, 0) is 74.1 Å². The smallest absolute Gasteiger partial charge is 0.369 e. The molecule has 3 fully saturated rings. The first-order valence-corrected chi connectivity index (χ1v) is 12.5. The van der Waals surface area contributed by atoms with Crippen LogP contribution in [0.2, 0.25) is 0 Å². The van der Waals surface area contributed by atoms with Crippen molar-refractivity contribution in [3.8, 4) is 5.75 Å². The summed E-state index contributed by atoms with van der Waals surface area (Å²) >= 11 is 0. The number of hydrogen-bond acceptors (Lipinski definition) is 6. The molecule has 0 spiro atoms. The highest BCUT2D eigenvalue weighted by atomic mass is 32.2. The van der Waals surface area contributed by atoms with Crippen LogP contribution in [0.1, 0.15) is 56.1 Å². The average molecular weight is 475 g/mol. The van der Waals surface area contributed by atoms with E-state index in [0.717, 1.165) is 56.3 Å². The summed E-state index contributed by atoms with van der Waals surface area (Å²) in [5.41, 5.74) is -5.23. The fourth-order valence-electron chi connectivity index (χ4n) is 6.34. The van der Waals surface area contributed by atoms with E-state index in [0.29, 0.717) is 18.3 Å². The van der Waals surface area contributed by atoms with Crippen molar-refractivity contribution in [3.05, 3.63) is 33.4 Å². The summed E-state index contributed by atoms with van der Waals surface area (Å²) in [6.07, 6.45) is 7.76. The molecule has 5 rings (SSSR count). The van der Waals surface area contributed by atoms with Crippen molar-refractivity contribution in [1.29, 1.82) is 0 Å². The Balaban J connectivity index is 1.60. The molecule has 176 valence electrons. The summed E-state index contributed by atoms with van der Waals surface area (Å²) in [7, 11) is -6.01. The lowest BCUT2D eigenvalue weighted by atomic mass is 9.52. The SMILES string of the molecule is O=[N+]([O-])c1cc2c(cc1OS(=O)(=O)C(F)(F)F)[C@@]13CCCC[C@H]1[C@@H](C2)N(CC1CC1)CC3. The molecular formula is C21H25F3N2O5S. The van der Waals surface area contributed by atoms with Crippen molar-refractivity contribution >= 4 is 15.8 Å². The molecule has 2 bridgehead atoms. The molecule has 0 unspecified atom stereocenters. The molecule has 3 atom stereocenters. The minimum Gasteiger partial charge on any atom is -0.369 e. The molecule has 11 heteroatoms. The Kier molecular flexibility index (Phi) is 5.01. The van der Waals surface area contributed by atoms with Crippen LogP contribution >= 0.6 is 0 Å². The predicted octanol–water partition coefficient (Wildman–Crippen LogP) is 4.29. The Morgan fingerprint density at radius 3 is 2.59 bits per heavy atom. The van der Waals surface area contributed by atoms with Gasteiger partial charge in [0.05, 0.1) is 4.92 Å². The second-order valence-electron chi connectivity index (χ2n) is 9.69. The summed E-state index contributed by atoms with van der Waals surface area (Å²) in [5.74, 6) is 0.179. The molecule has 1 aliphatic heterocycles. The lowest BCUT2D eigenvalue weighted by molar-refractivity contribution is -0.385. The van der Waals surface area contributed by atoms with Crippen molar-refractivity contribution < 1.29 is 30.7 Å².